The molecule has 0 saturated carbocycles. The third-order valence-corrected chi connectivity index (χ3v) is 4.23. The van der Waals surface area contributed by atoms with Crippen molar-refractivity contribution >= 4 is 23.6 Å². The summed E-state index contributed by atoms with van der Waals surface area (Å²) >= 11 is 0. The van der Waals surface area contributed by atoms with Gasteiger partial charge in [0.2, 0.25) is 11.8 Å². The van der Waals surface area contributed by atoms with E-state index in [0.29, 0.717) is 12.8 Å². The molecule has 4 N–H and O–H groups in total. The zero-order valence-corrected chi connectivity index (χ0v) is 16.5. The molecule has 2 atom stereocenters. The van der Waals surface area contributed by atoms with E-state index in [9.17, 15) is 19.5 Å². The van der Waals surface area contributed by atoms with E-state index in [1.807, 2.05) is 6.92 Å². The lowest BCUT2D eigenvalue weighted by molar-refractivity contribution is -0.139. The van der Waals surface area contributed by atoms with E-state index in [-0.39, 0.29) is 18.2 Å². The average Bonchev–Trinajstić information content (AvgIpc) is 3.01. The van der Waals surface area contributed by atoms with Gasteiger partial charge in [-0.25, -0.2) is 4.98 Å². The second kappa shape index (κ2) is 9.50. The molecule has 0 fully saturated rings. The van der Waals surface area contributed by atoms with Crippen LogP contribution >= 0.6 is 0 Å². The number of carbonyl (C=O) groups excluding carboxylic acids is 2. The average molecular weight is 382 g/mol. The summed E-state index contributed by atoms with van der Waals surface area (Å²) in [6.07, 6.45) is 2.79. The summed E-state index contributed by atoms with van der Waals surface area (Å²) in [5, 5.41) is 24.0. The molecular weight excluding hydrogens is 352 g/mol. The Balaban J connectivity index is 2.82. The molecule has 1 aromatic rings. The van der Waals surface area contributed by atoms with Gasteiger partial charge in [0.15, 0.2) is 5.82 Å². The molecule has 0 saturated heterocycles. The van der Waals surface area contributed by atoms with Gasteiger partial charge >= 0.3 is 5.97 Å². The SMILES string of the molecule is CCCC(NC(=O)C(O)C(C)C)C(=O)Nc1cn(C(C)(C)CC(=O)O)cn1. The number of carbonyl (C=O) groups is 3. The number of rotatable bonds is 10. The fraction of sp³-hybridized carbons (Fsp3) is 0.667. The molecular formula is C18H30N4O5. The van der Waals surface area contributed by atoms with Gasteiger partial charge in [-0.3, -0.25) is 14.4 Å². The predicted molar refractivity (Wildman–Crippen MR) is 100 cm³/mol. The van der Waals surface area contributed by atoms with E-state index in [0.717, 1.165) is 0 Å². The number of nitrogens with one attached hydrogen (secondary N) is 2. The Kier molecular flexibility index (Phi) is 7.96. The van der Waals surface area contributed by atoms with Gasteiger partial charge in [-0.05, 0) is 26.2 Å². The van der Waals surface area contributed by atoms with Crippen LogP contribution in [-0.4, -0.2) is 49.7 Å². The first-order valence-electron chi connectivity index (χ1n) is 9.03. The Labute approximate surface area is 159 Å². The number of aliphatic hydroxyl groups excluding tert-OH is 1. The highest BCUT2D eigenvalue weighted by molar-refractivity contribution is 5.97. The number of hydrogen-bond donors (Lipinski definition) is 4. The van der Waals surface area contributed by atoms with Gasteiger partial charge in [-0.1, -0.05) is 27.2 Å². The summed E-state index contributed by atoms with van der Waals surface area (Å²) in [7, 11) is 0. The second-order valence-electron chi connectivity index (χ2n) is 7.58. The van der Waals surface area contributed by atoms with Crippen LogP contribution in [0.15, 0.2) is 12.5 Å². The Hall–Kier alpha value is -2.42. The maximum absolute atomic E-state index is 12.5. The Morgan fingerprint density at radius 2 is 1.89 bits per heavy atom. The van der Waals surface area contributed by atoms with Crippen molar-refractivity contribution < 1.29 is 24.6 Å². The first-order chi connectivity index (χ1) is 12.5. The van der Waals surface area contributed by atoms with Crippen molar-refractivity contribution in [2.45, 2.75) is 71.6 Å². The Morgan fingerprint density at radius 1 is 1.26 bits per heavy atom. The molecule has 27 heavy (non-hydrogen) atoms. The largest absolute Gasteiger partial charge is 0.481 e. The van der Waals surface area contributed by atoms with Gasteiger partial charge < -0.3 is 25.4 Å². The summed E-state index contributed by atoms with van der Waals surface area (Å²) in [5.74, 6) is -1.97. The third-order valence-electron chi connectivity index (χ3n) is 4.23. The fourth-order valence-electron chi connectivity index (χ4n) is 2.51. The highest BCUT2D eigenvalue weighted by Crippen LogP contribution is 2.21. The molecule has 2 amide bonds. The van der Waals surface area contributed by atoms with E-state index in [1.165, 1.54) is 6.33 Å². The van der Waals surface area contributed by atoms with Crippen molar-refractivity contribution in [2.24, 2.45) is 5.92 Å². The molecule has 0 aliphatic carbocycles. The van der Waals surface area contributed by atoms with Crippen LogP contribution in [0.1, 0.15) is 53.9 Å². The molecule has 0 radical (unpaired) electrons. The normalized spacial score (nSPS) is 13.9. The maximum Gasteiger partial charge on any atom is 0.305 e. The van der Waals surface area contributed by atoms with E-state index >= 15 is 0 Å². The predicted octanol–water partition coefficient (Wildman–Crippen LogP) is 1.33. The van der Waals surface area contributed by atoms with E-state index < -0.39 is 35.5 Å². The van der Waals surface area contributed by atoms with Gasteiger partial charge in [0.05, 0.1) is 18.3 Å². The van der Waals surface area contributed by atoms with Crippen LogP contribution in [0.2, 0.25) is 0 Å². The number of hydrogen-bond acceptors (Lipinski definition) is 5. The number of carboxylic acids is 1. The quantitative estimate of drug-likeness (QED) is 0.482. The van der Waals surface area contributed by atoms with Crippen LogP contribution in [0.25, 0.3) is 0 Å². The van der Waals surface area contributed by atoms with Crippen LogP contribution in [-0.2, 0) is 19.9 Å². The molecule has 0 aromatic carbocycles. The standard InChI is InChI=1S/C18H30N4O5/c1-6-7-12(20-17(27)15(25)11(2)3)16(26)21-13-9-22(10-19-13)18(4,5)8-14(23)24/h9-12,15,25H,6-8H2,1-5H3,(H,20,27)(H,21,26)(H,23,24). The van der Waals surface area contributed by atoms with Gasteiger partial charge in [-0.2, -0.15) is 0 Å². The van der Waals surface area contributed by atoms with Crippen LogP contribution in [0.5, 0.6) is 0 Å². The second-order valence-corrected chi connectivity index (χ2v) is 7.58. The minimum absolute atomic E-state index is 0.0989. The van der Waals surface area contributed by atoms with Gasteiger partial charge in [-0.15, -0.1) is 0 Å². The third kappa shape index (κ3) is 6.67. The number of aliphatic hydroxyl groups is 1. The van der Waals surface area contributed by atoms with Crippen LogP contribution in [0, 0.1) is 5.92 Å². The molecule has 0 aliphatic heterocycles. The monoisotopic (exact) mass is 382 g/mol. The zero-order valence-electron chi connectivity index (χ0n) is 16.5. The maximum atomic E-state index is 12.5. The van der Waals surface area contributed by atoms with Crippen LogP contribution in [0.4, 0.5) is 5.82 Å². The van der Waals surface area contributed by atoms with E-state index in [4.69, 9.17) is 5.11 Å². The smallest absolute Gasteiger partial charge is 0.305 e. The molecule has 1 rings (SSSR count). The van der Waals surface area contributed by atoms with E-state index in [1.54, 1.807) is 38.5 Å². The summed E-state index contributed by atoms with van der Waals surface area (Å²) in [5.41, 5.74) is -0.708. The molecule has 0 spiro atoms. The Bertz CT molecular complexity index is 668. The molecule has 9 heteroatoms. The lowest BCUT2D eigenvalue weighted by Crippen LogP contribution is -2.48. The minimum Gasteiger partial charge on any atom is -0.481 e. The Morgan fingerprint density at radius 3 is 2.41 bits per heavy atom. The number of amides is 2. The number of carboxylic acid groups (broad SMARTS) is 1. The summed E-state index contributed by atoms with van der Waals surface area (Å²) in [6.45, 7) is 8.81. The van der Waals surface area contributed by atoms with Crippen molar-refractivity contribution in [3.8, 4) is 0 Å². The van der Waals surface area contributed by atoms with Gasteiger partial charge in [0.25, 0.3) is 0 Å². The highest BCUT2D eigenvalue weighted by Gasteiger charge is 2.27. The van der Waals surface area contributed by atoms with Gasteiger partial charge in [0, 0.05) is 6.20 Å². The number of aromatic nitrogens is 2. The zero-order chi connectivity index (χ0) is 20.8. The van der Waals surface area contributed by atoms with Crippen molar-refractivity contribution in [3.05, 3.63) is 12.5 Å². The van der Waals surface area contributed by atoms with Crippen molar-refractivity contribution in [1.82, 2.24) is 14.9 Å². The molecule has 152 valence electrons. The van der Waals surface area contributed by atoms with Crippen LogP contribution < -0.4 is 10.6 Å². The first-order valence-corrected chi connectivity index (χ1v) is 9.03. The number of nitrogens with zero attached hydrogens (tertiary/aromatic N) is 2. The summed E-state index contributed by atoms with van der Waals surface area (Å²) < 4.78 is 1.62. The number of anilines is 1. The van der Waals surface area contributed by atoms with Crippen LogP contribution in [0.3, 0.4) is 0 Å². The minimum atomic E-state index is -1.19. The summed E-state index contributed by atoms with van der Waals surface area (Å²) in [6, 6.07) is -0.798. The molecule has 9 nitrogen and oxygen atoms in total. The van der Waals surface area contributed by atoms with Gasteiger partial charge in [0.1, 0.15) is 12.1 Å². The molecule has 0 aliphatic rings. The highest BCUT2D eigenvalue weighted by atomic mass is 16.4. The topological polar surface area (TPSA) is 134 Å². The first kappa shape index (κ1) is 22.6. The van der Waals surface area contributed by atoms with Crippen molar-refractivity contribution in [3.63, 3.8) is 0 Å². The summed E-state index contributed by atoms with van der Waals surface area (Å²) in [4.78, 5) is 39.6. The van der Waals surface area contributed by atoms with Crippen molar-refractivity contribution in [2.75, 3.05) is 5.32 Å². The number of imidazole rings is 1. The van der Waals surface area contributed by atoms with Crippen molar-refractivity contribution in [1.29, 1.82) is 0 Å². The lowest BCUT2D eigenvalue weighted by atomic mass is 10.0. The van der Waals surface area contributed by atoms with E-state index in [2.05, 4.69) is 15.6 Å². The number of aliphatic carboxylic acids is 1. The molecule has 1 heterocycles. The molecule has 1 aromatic heterocycles. The molecule has 0 bridgehead atoms. The molecule has 2 unspecified atom stereocenters. The fourth-order valence-corrected chi connectivity index (χ4v) is 2.51. The lowest BCUT2D eigenvalue weighted by Gasteiger charge is -2.24.